The molecule has 0 aliphatic heterocycles. The van der Waals surface area contributed by atoms with Crippen molar-refractivity contribution in [2.45, 2.75) is 13.0 Å². The Bertz CT molecular complexity index is 779. The van der Waals surface area contributed by atoms with Crippen LogP contribution in [0.3, 0.4) is 0 Å². The van der Waals surface area contributed by atoms with Crippen LogP contribution in [-0.2, 0) is 9.53 Å². The van der Waals surface area contributed by atoms with E-state index < -0.39 is 29.6 Å². The highest BCUT2D eigenvalue weighted by Crippen LogP contribution is 2.25. The summed E-state index contributed by atoms with van der Waals surface area (Å²) in [5.74, 6) is -3.56. The maximum absolute atomic E-state index is 13.1. The number of amides is 1. The van der Waals surface area contributed by atoms with Crippen LogP contribution in [0.4, 0.5) is 14.5 Å². The topological polar surface area (TPSA) is 55.4 Å². The summed E-state index contributed by atoms with van der Waals surface area (Å²) in [6.07, 6.45) is -1.22. The van der Waals surface area contributed by atoms with E-state index in [2.05, 4.69) is 5.32 Å². The van der Waals surface area contributed by atoms with Crippen molar-refractivity contribution in [2.24, 2.45) is 0 Å². The number of carbonyl (C=O) groups excluding carboxylic acids is 2. The fraction of sp³-hybridized carbons (Fsp3) is 0.125. The van der Waals surface area contributed by atoms with Gasteiger partial charge in [-0.1, -0.05) is 23.2 Å². The molecule has 2 aromatic carbocycles. The zero-order valence-corrected chi connectivity index (χ0v) is 13.8. The number of ether oxygens (including phenoxy) is 1. The smallest absolute Gasteiger partial charge is 0.339 e. The zero-order chi connectivity index (χ0) is 17.9. The zero-order valence-electron chi connectivity index (χ0n) is 12.3. The molecule has 0 heterocycles. The first-order chi connectivity index (χ1) is 11.3. The molecule has 24 heavy (non-hydrogen) atoms. The molecule has 1 atom stereocenters. The van der Waals surface area contributed by atoms with Gasteiger partial charge in [0.1, 0.15) is 11.6 Å². The molecule has 0 radical (unpaired) electrons. The summed E-state index contributed by atoms with van der Waals surface area (Å²) in [4.78, 5) is 23.9. The minimum Gasteiger partial charge on any atom is -0.449 e. The Morgan fingerprint density at radius 3 is 2.33 bits per heavy atom. The van der Waals surface area contributed by atoms with Crippen LogP contribution in [0.5, 0.6) is 0 Å². The number of rotatable bonds is 4. The molecule has 0 aliphatic carbocycles. The fourth-order valence-electron chi connectivity index (χ4n) is 1.78. The molecule has 2 rings (SSSR count). The fourth-order valence-corrected chi connectivity index (χ4v) is 2.12. The molecular weight excluding hydrogens is 363 g/mol. The largest absolute Gasteiger partial charge is 0.449 e. The van der Waals surface area contributed by atoms with Crippen molar-refractivity contribution in [2.75, 3.05) is 5.32 Å². The number of nitrogens with one attached hydrogen (secondary N) is 1. The summed E-state index contributed by atoms with van der Waals surface area (Å²) >= 11 is 11.7. The van der Waals surface area contributed by atoms with Crippen LogP contribution in [0.1, 0.15) is 17.3 Å². The third-order valence-corrected chi connectivity index (χ3v) is 3.50. The lowest BCUT2D eigenvalue weighted by atomic mass is 10.2. The third kappa shape index (κ3) is 4.66. The van der Waals surface area contributed by atoms with Gasteiger partial charge in [0.2, 0.25) is 0 Å². The average Bonchev–Trinajstić information content (AvgIpc) is 2.49. The molecule has 1 amide bonds. The van der Waals surface area contributed by atoms with Crippen molar-refractivity contribution >= 4 is 40.8 Å². The van der Waals surface area contributed by atoms with Crippen molar-refractivity contribution in [3.8, 4) is 0 Å². The number of esters is 1. The molecule has 0 saturated carbocycles. The summed E-state index contributed by atoms with van der Waals surface area (Å²) < 4.78 is 31.1. The predicted molar refractivity (Wildman–Crippen MR) is 86.3 cm³/mol. The lowest BCUT2D eigenvalue weighted by Crippen LogP contribution is -2.30. The first kappa shape index (κ1) is 18.2. The van der Waals surface area contributed by atoms with E-state index in [9.17, 15) is 18.4 Å². The van der Waals surface area contributed by atoms with Gasteiger partial charge in [-0.15, -0.1) is 0 Å². The van der Waals surface area contributed by atoms with E-state index in [1.807, 2.05) is 0 Å². The van der Waals surface area contributed by atoms with Gasteiger partial charge in [-0.3, -0.25) is 4.79 Å². The van der Waals surface area contributed by atoms with Gasteiger partial charge in [0.25, 0.3) is 5.91 Å². The van der Waals surface area contributed by atoms with Crippen molar-refractivity contribution in [1.29, 1.82) is 0 Å². The second kappa shape index (κ2) is 7.59. The third-order valence-electron chi connectivity index (χ3n) is 2.94. The Balaban J connectivity index is 2.05. The van der Waals surface area contributed by atoms with E-state index in [0.29, 0.717) is 11.1 Å². The summed E-state index contributed by atoms with van der Waals surface area (Å²) in [5, 5.41) is 3.05. The van der Waals surface area contributed by atoms with Gasteiger partial charge in [-0.2, -0.15) is 0 Å². The highest BCUT2D eigenvalue weighted by molar-refractivity contribution is 6.35. The summed E-state index contributed by atoms with van der Waals surface area (Å²) in [5.41, 5.74) is -0.0956. The van der Waals surface area contributed by atoms with Gasteiger partial charge in [0.05, 0.1) is 16.3 Å². The second-order valence-electron chi connectivity index (χ2n) is 4.82. The predicted octanol–water partition coefficient (Wildman–Crippen LogP) is 4.46. The Hall–Kier alpha value is -2.18. The molecule has 1 N–H and O–H groups in total. The number of anilines is 1. The van der Waals surface area contributed by atoms with Gasteiger partial charge < -0.3 is 10.1 Å². The SMILES string of the molecule is CC(OC(=O)c1cc(F)cc(F)c1)C(=O)Nc1cc(Cl)ccc1Cl. The summed E-state index contributed by atoms with van der Waals surface area (Å²) in [7, 11) is 0. The molecule has 0 aliphatic rings. The van der Waals surface area contributed by atoms with E-state index >= 15 is 0 Å². The lowest BCUT2D eigenvalue weighted by Gasteiger charge is -2.14. The van der Waals surface area contributed by atoms with Crippen LogP contribution in [0.25, 0.3) is 0 Å². The average molecular weight is 374 g/mol. The summed E-state index contributed by atoms with van der Waals surface area (Å²) in [6, 6.07) is 6.70. The minimum absolute atomic E-state index is 0.244. The van der Waals surface area contributed by atoms with Crippen LogP contribution in [0.2, 0.25) is 10.0 Å². The minimum atomic E-state index is -1.22. The van der Waals surface area contributed by atoms with Crippen LogP contribution in [0, 0.1) is 11.6 Å². The molecule has 0 fully saturated rings. The Labute approximate surface area is 146 Å². The lowest BCUT2D eigenvalue weighted by molar-refractivity contribution is -0.123. The van der Waals surface area contributed by atoms with Crippen LogP contribution < -0.4 is 5.32 Å². The molecule has 4 nitrogen and oxygen atoms in total. The Morgan fingerprint density at radius 1 is 1.08 bits per heavy atom. The summed E-state index contributed by atoms with van der Waals surface area (Å²) in [6.45, 7) is 1.31. The van der Waals surface area contributed by atoms with E-state index in [0.717, 1.165) is 12.1 Å². The number of carbonyl (C=O) groups is 2. The van der Waals surface area contributed by atoms with Crippen molar-refractivity contribution in [1.82, 2.24) is 0 Å². The van der Waals surface area contributed by atoms with E-state index in [1.54, 1.807) is 6.07 Å². The molecule has 2 aromatic rings. The van der Waals surface area contributed by atoms with E-state index in [-0.39, 0.29) is 16.3 Å². The van der Waals surface area contributed by atoms with Crippen molar-refractivity contribution in [3.63, 3.8) is 0 Å². The molecule has 126 valence electrons. The number of halogens is 4. The van der Waals surface area contributed by atoms with Gasteiger partial charge in [-0.25, -0.2) is 13.6 Å². The monoisotopic (exact) mass is 373 g/mol. The molecule has 0 aromatic heterocycles. The number of hydrogen-bond acceptors (Lipinski definition) is 3. The highest BCUT2D eigenvalue weighted by Gasteiger charge is 2.20. The van der Waals surface area contributed by atoms with Gasteiger partial charge >= 0.3 is 5.97 Å². The van der Waals surface area contributed by atoms with Crippen molar-refractivity contribution < 1.29 is 23.1 Å². The van der Waals surface area contributed by atoms with E-state index in [1.165, 1.54) is 19.1 Å². The van der Waals surface area contributed by atoms with Crippen LogP contribution >= 0.6 is 23.2 Å². The van der Waals surface area contributed by atoms with Crippen LogP contribution in [0.15, 0.2) is 36.4 Å². The maximum atomic E-state index is 13.1. The molecule has 0 saturated heterocycles. The molecular formula is C16H11Cl2F2NO3. The molecule has 1 unspecified atom stereocenters. The second-order valence-corrected chi connectivity index (χ2v) is 5.66. The normalized spacial score (nSPS) is 11.7. The standard InChI is InChI=1S/C16H11Cl2F2NO3/c1-8(15(22)21-14-6-10(17)2-3-13(14)18)24-16(23)9-4-11(19)7-12(20)5-9/h2-8H,1H3,(H,21,22). The van der Waals surface area contributed by atoms with Gasteiger partial charge in [0.15, 0.2) is 6.10 Å². The Kier molecular flexibility index (Phi) is 5.75. The van der Waals surface area contributed by atoms with Gasteiger partial charge in [-0.05, 0) is 37.3 Å². The molecule has 0 bridgehead atoms. The highest BCUT2D eigenvalue weighted by atomic mass is 35.5. The van der Waals surface area contributed by atoms with Gasteiger partial charge in [0, 0.05) is 11.1 Å². The van der Waals surface area contributed by atoms with Crippen LogP contribution in [-0.4, -0.2) is 18.0 Å². The van der Waals surface area contributed by atoms with E-state index in [4.69, 9.17) is 27.9 Å². The quantitative estimate of drug-likeness (QED) is 0.805. The number of hydrogen-bond donors (Lipinski definition) is 1. The van der Waals surface area contributed by atoms with Crippen molar-refractivity contribution in [3.05, 3.63) is 63.6 Å². The first-order valence-corrected chi connectivity index (χ1v) is 7.45. The maximum Gasteiger partial charge on any atom is 0.339 e. The first-order valence-electron chi connectivity index (χ1n) is 6.69. The number of benzene rings is 2. The molecule has 8 heteroatoms. The molecule has 0 spiro atoms. The Morgan fingerprint density at radius 2 is 1.71 bits per heavy atom.